The summed E-state index contributed by atoms with van der Waals surface area (Å²) in [6, 6.07) is 11.7. The number of methoxy groups -OCH3 is 1. The first-order chi connectivity index (χ1) is 13.1. The van der Waals surface area contributed by atoms with Gasteiger partial charge in [-0.15, -0.1) is 0 Å². The number of rotatable bonds is 7. The smallest absolute Gasteiger partial charge is 0.216 e. The van der Waals surface area contributed by atoms with Crippen LogP contribution in [0, 0.1) is 10.6 Å². The molecule has 140 valence electrons. The number of H-pyrrole nitrogens is 1. The van der Waals surface area contributed by atoms with E-state index in [0.717, 1.165) is 17.0 Å². The zero-order valence-corrected chi connectivity index (χ0v) is 15.8. The number of hydrogen-bond acceptors (Lipinski definition) is 5. The van der Waals surface area contributed by atoms with Crippen molar-refractivity contribution in [3.05, 3.63) is 70.0 Å². The maximum absolute atomic E-state index is 13.0. The summed E-state index contributed by atoms with van der Waals surface area (Å²) < 4.78 is 26.2. The third-order valence-electron chi connectivity index (χ3n) is 3.85. The molecule has 0 aliphatic heterocycles. The maximum Gasteiger partial charge on any atom is 0.216 e. The van der Waals surface area contributed by atoms with E-state index in [2.05, 4.69) is 15.3 Å². The highest BCUT2D eigenvalue weighted by Crippen LogP contribution is 2.28. The molecule has 0 atom stereocenters. The van der Waals surface area contributed by atoms with Crippen LogP contribution in [0.15, 0.2) is 47.6 Å². The number of aromatic amines is 1. The van der Waals surface area contributed by atoms with Crippen LogP contribution in [0.5, 0.6) is 11.5 Å². The number of nitrogens with one attached hydrogen (secondary N) is 1. The first kappa shape index (κ1) is 18.8. The van der Waals surface area contributed by atoms with Gasteiger partial charge in [0.2, 0.25) is 4.77 Å². The van der Waals surface area contributed by atoms with Gasteiger partial charge in [-0.05, 0) is 53.7 Å². The van der Waals surface area contributed by atoms with Crippen molar-refractivity contribution in [3.63, 3.8) is 0 Å². The van der Waals surface area contributed by atoms with E-state index in [-0.39, 0.29) is 5.82 Å². The molecule has 0 saturated carbocycles. The third kappa shape index (κ3) is 4.59. The average Bonchev–Trinajstić information content (AvgIpc) is 3.05. The predicted molar refractivity (Wildman–Crippen MR) is 104 cm³/mol. The van der Waals surface area contributed by atoms with E-state index in [1.165, 1.54) is 12.1 Å². The van der Waals surface area contributed by atoms with Crippen LogP contribution in [0.2, 0.25) is 0 Å². The standard InChI is InChI=1S/C19H19FN4O2S/c1-3-18-22-23-19(27)24(18)21-11-14-6-9-16(17(10-14)25-2)26-12-13-4-7-15(20)8-5-13/h4-11H,3,12H2,1-2H3,(H,23,27). The summed E-state index contributed by atoms with van der Waals surface area (Å²) in [6.07, 6.45) is 2.39. The number of halogens is 1. The molecule has 27 heavy (non-hydrogen) atoms. The normalized spacial score (nSPS) is 11.1. The molecule has 1 aromatic heterocycles. The molecule has 0 saturated heterocycles. The lowest BCUT2D eigenvalue weighted by molar-refractivity contribution is 0.284. The van der Waals surface area contributed by atoms with Gasteiger partial charge < -0.3 is 9.47 Å². The van der Waals surface area contributed by atoms with E-state index >= 15 is 0 Å². The molecule has 0 fully saturated rings. The number of hydrogen-bond donors (Lipinski definition) is 1. The van der Waals surface area contributed by atoms with Gasteiger partial charge in [0.15, 0.2) is 17.3 Å². The Morgan fingerprint density at radius 2 is 2.00 bits per heavy atom. The van der Waals surface area contributed by atoms with Gasteiger partial charge in [0.25, 0.3) is 0 Å². The zero-order valence-electron chi connectivity index (χ0n) is 15.0. The average molecular weight is 386 g/mol. The lowest BCUT2D eigenvalue weighted by atomic mass is 10.2. The molecule has 0 unspecified atom stereocenters. The topological polar surface area (TPSA) is 64.4 Å². The van der Waals surface area contributed by atoms with Crippen LogP contribution < -0.4 is 9.47 Å². The third-order valence-corrected chi connectivity index (χ3v) is 4.12. The summed E-state index contributed by atoms with van der Waals surface area (Å²) in [4.78, 5) is 0. The van der Waals surface area contributed by atoms with E-state index in [4.69, 9.17) is 21.7 Å². The number of ether oxygens (including phenoxy) is 2. The predicted octanol–water partition coefficient (Wildman–Crippen LogP) is 4.11. The van der Waals surface area contributed by atoms with Crippen molar-refractivity contribution >= 4 is 18.4 Å². The highest BCUT2D eigenvalue weighted by Gasteiger charge is 2.07. The number of aromatic nitrogens is 3. The minimum absolute atomic E-state index is 0.274. The van der Waals surface area contributed by atoms with Gasteiger partial charge >= 0.3 is 0 Å². The van der Waals surface area contributed by atoms with Gasteiger partial charge in [0.1, 0.15) is 12.4 Å². The second-order valence-electron chi connectivity index (χ2n) is 5.68. The van der Waals surface area contributed by atoms with Gasteiger partial charge in [-0.3, -0.25) is 5.10 Å². The molecular weight excluding hydrogens is 367 g/mol. The maximum atomic E-state index is 13.0. The van der Waals surface area contributed by atoms with Crippen LogP contribution in [0.4, 0.5) is 4.39 Å². The van der Waals surface area contributed by atoms with Gasteiger partial charge in [-0.25, -0.2) is 4.39 Å². The zero-order chi connectivity index (χ0) is 19.2. The monoisotopic (exact) mass is 386 g/mol. The molecule has 2 aromatic carbocycles. The molecule has 6 nitrogen and oxygen atoms in total. The molecule has 0 amide bonds. The Morgan fingerprint density at radius 1 is 1.22 bits per heavy atom. The van der Waals surface area contributed by atoms with Crippen molar-refractivity contribution in [1.29, 1.82) is 0 Å². The summed E-state index contributed by atoms with van der Waals surface area (Å²) in [5.74, 6) is 1.65. The second kappa shape index (κ2) is 8.59. The fourth-order valence-corrected chi connectivity index (χ4v) is 2.62. The largest absolute Gasteiger partial charge is 0.493 e. The van der Waals surface area contributed by atoms with Crippen molar-refractivity contribution in [2.24, 2.45) is 5.10 Å². The summed E-state index contributed by atoms with van der Waals surface area (Å²) in [5.41, 5.74) is 1.69. The van der Waals surface area contributed by atoms with E-state index in [1.54, 1.807) is 36.2 Å². The van der Waals surface area contributed by atoms with Crippen LogP contribution in [0.3, 0.4) is 0 Å². The van der Waals surface area contributed by atoms with Crippen LogP contribution in [-0.4, -0.2) is 28.2 Å². The Bertz CT molecular complexity index is 996. The van der Waals surface area contributed by atoms with E-state index in [1.807, 2.05) is 19.1 Å². The second-order valence-corrected chi connectivity index (χ2v) is 6.07. The minimum Gasteiger partial charge on any atom is -0.493 e. The molecular formula is C19H19FN4O2S. The van der Waals surface area contributed by atoms with Gasteiger partial charge in [0, 0.05) is 6.42 Å². The highest BCUT2D eigenvalue weighted by atomic mass is 32.1. The van der Waals surface area contributed by atoms with Crippen LogP contribution in [-0.2, 0) is 13.0 Å². The van der Waals surface area contributed by atoms with Crippen LogP contribution in [0.1, 0.15) is 23.9 Å². The van der Waals surface area contributed by atoms with Gasteiger partial charge in [0.05, 0.1) is 13.3 Å². The highest BCUT2D eigenvalue weighted by molar-refractivity contribution is 7.71. The Hall–Kier alpha value is -3.00. The summed E-state index contributed by atoms with van der Waals surface area (Å²) in [5, 5.41) is 11.2. The van der Waals surface area contributed by atoms with E-state index in [9.17, 15) is 4.39 Å². The van der Waals surface area contributed by atoms with E-state index in [0.29, 0.717) is 29.3 Å². The first-order valence-corrected chi connectivity index (χ1v) is 8.77. The number of aryl methyl sites for hydroxylation is 1. The number of nitrogens with zero attached hydrogens (tertiary/aromatic N) is 3. The summed E-state index contributed by atoms with van der Waals surface area (Å²) >= 11 is 5.18. The van der Waals surface area contributed by atoms with Crippen molar-refractivity contribution in [2.75, 3.05) is 7.11 Å². The van der Waals surface area contributed by atoms with Gasteiger partial charge in [-0.2, -0.15) is 14.9 Å². The molecule has 0 radical (unpaired) electrons. The Balaban J connectivity index is 1.75. The molecule has 0 spiro atoms. The van der Waals surface area contributed by atoms with E-state index < -0.39 is 0 Å². The Morgan fingerprint density at radius 3 is 2.70 bits per heavy atom. The Labute approximate surface area is 161 Å². The SMILES string of the molecule is CCc1n[nH]c(=S)n1N=Cc1ccc(OCc2ccc(F)cc2)c(OC)c1. The lowest BCUT2D eigenvalue weighted by Crippen LogP contribution is -1.99. The molecule has 0 bridgehead atoms. The molecule has 0 aliphatic rings. The molecule has 8 heteroatoms. The molecule has 3 aromatic rings. The van der Waals surface area contributed by atoms with Crippen molar-refractivity contribution in [3.8, 4) is 11.5 Å². The fraction of sp³-hybridized carbons (Fsp3) is 0.211. The van der Waals surface area contributed by atoms with Crippen molar-refractivity contribution < 1.29 is 13.9 Å². The molecule has 1 heterocycles. The Kier molecular flexibility index (Phi) is 5.97. The first-order valence-electron chi connectivity index (χ1n) is 8.36. The van der Waals surface area contributed by atoms with Crippen LogP contribution >= 0.6 is 12.2 Å². The van der Waals surface area contributed by atoms with Crippen LogP contribution in [0.25, 0.3) is 0 Å². The van der Waals surface area contributed by atoms with Crippen molar-refractivity contribution in [2.45, 2.75) is 20.0 Å². The molecule has 1 N–H and O–H groups in total. The minimum atomic E-state index is -0.274. The number of benzene rings is 2. The fourth-order valence-electron chi connectivity index (χ4n) is 2.42. The van der Waals surface area contributed by atoms with Gasteiger partial charge in [-0.1, -0.05) is 19.1 Å². The molecule has 0 aliphatic carbocycles. The summed E-state index contributed by atoms with van der Waals surface area (Å²) in [7, 11) is 1.57. The summed E-state index contributed by atoms with van der Waals surface area (Å²) in [6.45, 7) is 2.29. The van der Waals surface area contributed by atoms with Crippen molar-refractivity contribution in [1.82, 2.24) is 14.9 Å². The lowest BCUT2D eigenvalue weighted by Gasteiger charge is -2.11. The molecule has 3 rings (SSSR count). The quantitative estimate of drug-likeness (QED) is 0.490.